The van der Waals surface area contributed by atoms with Gasteiger partial charge in [-0.3, -0.25) is 14.4 Å². The van der Waals surface area contributed by atoms with Crippen molar-refractivity contribution in [1.82, 2.24) is 9.80 Å². The number of halogens is 1. The zero-order chi connectivity index (χ0) is 24.1. The van der Waals surface area contributed by atoms with Crippen LogP contribution in [0.3, 0.4) is 0 Å². The molecule has 2 aliphatic heterocycles. The maximum Gasteiger partial charge on any atom is 0.244 e. The zero-order valence-corrected chi connectivity index (χ0v) is 19.5. The molecule has 1 saturated heterocycles. The van der Waals surface area contributed by atoms with Gasteiger partial charge in [0, 0.05) is 31.6 Å². The summed E-state index contributed by atoms with van der Waals surface area (Å²) in [7, 11) is 0. The van der Waals surface area contributed by atoms with Gasteiger partial charge in [-0.15, -0.1) is 0 Å². The van der Waals surface area contributed by atoms with E-state index >= 15 is 0 Å². The summed E-state index contributed by atoms with van der Waals surface area (Å²) in [5.74, 6) is 0.402. The SMILES string of the molecule is CC(=O)N1CC(C(=O)N2CCOCCOc3ccccc3Oc3ccc(Cl)cc3NC(=O)C2)C1. The molecule has 0 radical (unpaired) electrons. The van der Waals surface area contributed by atoms with E-state index in [4.69, 9.17) is 25.8 Å². The minimum Gasteiger partial charge on any atom is -0.487 e. The van der Waals surface area contributed by atoms with E-state index in [1.807, 2.05) is 12.1 Å². The first kappa shape index (κ1) is 23.8. The first-order chi connectivity index (χ1) is 16.4. The molecule has 1 N–H and O–H groups in total. The summed E-state index contributed by atoms with van der Waals surface area (Å²) in [6.07, 6.45) is 0. The zero-order valence-electron chi connectivity index (χ0n) is 18.8. The molecule has 9 nitrogen and oxygen atoms in total. The fourth-order valence-corrected chi connectivity index (χ4v) is 3.90. The van der Waals surface area contributed by atoms with Crippen molar-refractivity contribution in [2.45, 2.75) is 6.92 Å². The van der Waals surface area contributed by atoms with Gasteiger partial charge in [-0.05, 0) is 30.3 Å². The molecular formula is C24H26ClN3O6. The minimum absolute atomic E-state index is 0.0725. The maximum atomic E-state index is 13.0. The van der Waals surface area contributed by atoms with Crippen LogP contribution in [0, 0.1) is 5.92 Å². The van der Waals surface area contributed by atoms with Crippen molar-refractivity contribution < 1.29 is 28.6 Å². The highest BCUT2D eigenvalue weighted by Crippen LogP contribution is 2.36. The Morgan fingerprint density at radius 3 is 2.53 bits per heavy atom. The second-order valence-corrected chi connectivity index (χ2v) is 8.52. The summed E-state index contributed by atoms with van der Waals surface area (Å²) in [5, 5.41) is 3.22. The van der Waals surface area contributed by atoms with Crippen molar-refractivity contribution in [3.05, 3.63) is 47.5 Å². The third kappa shape index (κ3) is 5.78. The average Bonchev–Trinajstić information content (AvgIpc) is 2.76. The van der Waals surface area contributed by atoms with Crippen LogP contribution in [0.5, 0.6) is 17.2 Å². The lowest BCUT2D eigenvalue weighted by molar-refractivity contribution is -0.149. The van der Waals surface area contributed by atoms with E-state index < -0.39 is 5.91 Å². The highest BCUT2D eigenvalue weighted by molar-refractivity contribution is 6.31. The van der Waals surface area contributed by atoms with Crippen LogP contribution >= 0.6 is 11.6 Å². The number of rotatable bonds is 1. The summed E-state index contributed by atoms with van der Waals surface area (Å²) in [5.41, 5.74) is 0.372. The predicted molar refractivity (Wildman–Crippen MR) is 125 cm³/mol. The molecule has 10 heteroatoms. The second-order valence-electron chi connectivity index (χ2n) is 8.08. The monoisotopic (exact) mass is 487 g/mol. The Balaban J connectivity index is 1.54. The number of benzene rings is 2. The van der Waals surface area contributed by atoms with E-state index in [1.165, 1.54) is 11.8 Å². The van der Waals surface area contributed by atoms with E-state index in [2.05, 4.69) is 5.32 Å². The Labute approximate surface area is 202 Å². The van der Waals surface area contributed by atoms with E-state index in [-0.39, 0.29) is 44.0 Å². The van der Waals surface area contributed by atoms with E-state index in [1.54, 1.807) is 35.2 Å². The number of carbonyl (C=O) groups excluding carboxylic acids is 3. The number of nitrogens with one attached hydrogen (secondary N) is 1. The Morgan fingerprint density at radius 2 is 1.76 bits per heavy atom. The van der Waals surface area contributed by atoms with Gasteiger partial charge in [0.1, 0.15) is 6.61 Å². The number of para-hydroxylation sites is 2. The van der Waals surface area contributed by atoms with Gasteiger partial charge in [0.2, 0.25) is 17.7 Å². The van der Waals surface area contributed by atoms with Crippen LogP contribution in [0.15, 0.2) is 42.5 Å². The number of fused-ring (bicyclic) bond motifs is 2. The lowest BCUT2D eigenvalue weighted by atomic mass is 9.98. The normalized spacial score (nSPS) is 17.5. The molecule has 0 aromatic heterocycles. The molecule has 0 atom stereocenters. The van der Waals surface area contributed by atoms with Gasteiger partial charge in [-0.25, -0.2) is 0 Å². The molecule has 2 aliphatic rings. The fourth-order valence-electron chi connectivity index (χ4n) is 3.73. The number of anilines is 1. The molecule has 0 bridgehead atoms. The number of nitrogens with zero attached hydrogens (tertiary/aromatic N) is 2. The molecule has 2 aromatic rings. The molecule has 0 saturated carbocycles. The Morgan fingerprint density at radius 1 is 1.00 bits per heavy atom. The number of amides is 3. The van der Waals surface area contributed by atoms with Gasteiger partial charge < -0.3 is 29.3 Å². The predicted octanol–water partition coefficient (Wildman–Crippen LogP) is 2.79. The van der Waals surface area contributed by atoms with Gasteiger partial charge in [0.05, 0.1) is 31.4 Å². The maximum absolute atomic E-state index is 13.0. The van der Waals surface area contributed by atoms with Gasteiger partial charge in [0.25, 0.3) is 0 Å². The second kappa shape index (κ2) is 10.8. The molecule has 2 heterocycles. The van der Waals surface area contributed by atoms with Gasteiger partial charge in [-0.2, -0.15) is 0 Å². The van der Waals surface area contributed by atoms with Crippen molar-refractivity contribution in [3.63, 3.8) is 0 Å². The summed E-state index contributed by atoms with van der Waals surface area (Å²) in [4.78, 5) is 40.5. The van der Waals surface area contributed by atoms with Crippen molar-refractivity contribution >= 4 is 35.0 Å². The lowest BCUT2D eigenvalue weighted by Gasteiger charge is -2.40. The quantitative estimate of drug-likeness (QED) is 0.664. The van der Waals surface area contributed by atoms with Crippen LogP contribution in [0.4, 0.5) is 5.69 Å². The van der Waals surface area contributed by atoms with Crippen molar-refractivity contribution in [2.75, 3.05) is 51.3 Å². The fraction of sp³-hybridized carbons (Fsp3) is 0.375. The third-order valence-corrected chi connectivity index (χ3v) is 5.83. The summed E-state index contributed by atoms with van der Waals surface area (Å²) in [6, 6.07) is 12.1. The van der Waals surface area contributed by atoms with Gasteiger partial charge in [-0.1, -0.05) is 23.7 Å². The lowest BCUT2D eigenvalue weighted by Crippen LogP contribution is -2.57. The van der Waals surface area contributed by atoms with Crippen LogP contribution in [0.25, 0.3) is 0 Å². The molecule has 1 fully saturated rings. The van der Waals surface area contributed by atoms with Crippen LogP contribution in [0.2, 0.25) is 5.02 Å². The standard InChI is InChI=1S/C24H26ClN3O6/c1-16(29)28-13-17(14-28)24(31)27-8-9-32-10-11-33-21-4-2-3-5-22(21)34-20-7-6-18(25)12-19(20)26-23(30)15-27/h2-7,12,17H,8-11,13-15H2,1H3,(H,26,30). The average molecular weight is 488 g/mol. The molecule has 34 heavy (non-hydrogen) atoms. The molecule has 0 aliphatic carbocycles. The molecule has 180 valence electrons. The van der Waals surface area contributed by atoms with Crippen LogP contribution < -0.4 is 14.8 Å². The number of likely N-dealkylation sites (tertiary alicyclic amines) is 1. The summed E-state index contributed by atoms with van der Waals surface area (Å²) >= 11 is 6.16. The van der Waals surface area contributed by atoms with Crippen LogP contribution in [-0.2, 0) is 19.1 Å². The van der Waals surface area contributed by atoms with Crippen molar-refractivity contribution in [1.29, 1.82) is 0 Å². The topological polar surface area (TPSA) is 97.4 Å². The molecular weight excluding hydrogens is 462 g/mol. The Bertz CT molecular complexity index is 1070. The minimum atomic E-state index is -0.400. The van der Waals surface area contributed by atoms with Gasteiger partial charge >= 0.3 is 0 Å². The number of carbonyl (C=O) groups is 3. The van der Waals surface area contributed by atoms with E-state index in [9.17, 15) is 14.4 Å². The van der Waals surface area contributed by atoms with Crippen LogP contribution in [-0.4, -0.2) is 73.5 Å². The van der Waals surface area contributed by atoms with E-state index in [0.29, 0.717) is 47.7 Å². The number of ether oxygens (including phenoxy) is 3. The third-order valence-electron chi connectivity index (χ3n) is 5.60. The van der Waals surface area contributed by atoms with Gasteiger partial charge in [0.15, 0.2) is 17.2 Å². The molecule has 0 unspecified atom stereocenters. The van der Waals surface area contributed by atoms with Crippen molar-refractivity contribution in [3.8, 4) is 17.2 Å². The molecule has 0 spiro atoms. The number of hydrogen-bond acceptors (Lipinski definition) is 6. The molecule has 3 amide bonds. The molecule has 4 rings (SSSR count). The van der Waals surface area contributed by atoms with E-state index in [0.717, 1.165) is 0 Å². The summed E-state index contributed by atoms with van der Waals surface area (Å²) in [6.45, 7) is 3.07. The smallest absolute Gasteiger partial charge is 0.244 e. The Kier molecular flexibility index (Phi) is 7.54. The highest BCUT2D eigenvalue weighted by atomic mass is 35.5. The highest BCUT2D eigenvalue weighted by Gasteiger charge is 2.37. The first-order valence-electron chi connectivity index (χ1n) is 11.0. The Hall–Kier alpha value is -3.30. The molecule has 2 aromatic carbocycles. The number of hydrogen-bond donors (Lipinski definition) is 1. The summed E-state index contributed by atoms with van der Waals surface area (Å²) < 4.78 is 17.5. The first-order valence-corrected chi connectivity index (χ1v) is 11.4. The van der Waals surface area contributed by atoms with Crippen molar-refractivity contribution in [2.24, 2.45) is 5.92 Å². The van der Waals surface area contributed by atoms with Crippen LogP contribution in [0.1, 0.15) is 6.92 Å². The largest absolute Gasteiger partial charge is 0.487 e.